The highest BCUT2D eigenvalue weighted by Crippen LogP contribution is 2.20. The summed E-state index contributed by atoms with van der Waals surface area (Å²) in [7, 11) is 0. The molecule has 4 nitrogen and oxygen atoms in total. The average molecular weight is 375 g/mol. The van der Waals surface area contributed by atoms with Gasteiger partial charge in [0.1, 0.15) is 0 Å². The Bertz CT molecular complexity index is 935. The Morgan fingerprint density at radius 1 is 0.741 bits per heavy atom. The third kappa shape index (κ3) is 6.20. The van der Waals surface area contributed by atoms with Gasteiger partial charge in [-0.1, -0.05) is 85.0 Å². The molecule has 1 aliphatic carbocycles. The molecule has 0 aliphatic heterocycles. The minimum absolute atomic E-state index is 0.150. The lowest BCUT2D eigenvalue weighted by molar-refractivity contribution is 1.01. The van der Waals surface area contributed by atoms with Gasteiger partial charge in [-0.2, -0.15) is 15.0 Å². The predicted octanol–water partition coefficient (Wildman–Crippen LogP) is 5.85. The number of anilines is 2. The second kappa shape index (κ2) is 10.0. The molecule has 1 aromatic carbocycles. The monoisotopic (exact) mass is 374 g/mol. The normalized spacial score (nSPS) is 18.5. The summed E-state index contributed by atoms with van der Waals surface area (Å²) < 4.78 is 0. The maximum atomic E-state index is 6.15. The summed E-state index contributed by atoms with van der Waals surface area (Å²) in [6, 6.07) is 17.5. The van der Waals surface area contributed by atoms with Crippen LogP contribution in [0.15, 0.2) is 97.1 Å². The van der Waals surface area contributed by atoms with Gasteiger partial charge in [-0.15, -0.1) is 0 Å². The molecule has 0 saturated carbocycles. The van der Waals surface area contributed by atoms with Crippen molar-refractivity contribution in [3.63, 3.8) is 0 Å². The highest BCUT2D eigenvalue weighted by atomic mass is 35.5. The summed E-state index contributed by atoms with van der Waals surface area (Å²) >= 11 is 6.15. The lowest BCUT2D eigenvalue weighted by Crippen LogP contribution is -2.03. The van der Waals surface area contributed by atoms with Crippen LogP contribution in [0.1, 0.15) is 12.2 Å². The van der Waals surface area contributed by atoms with E-state index in [1.807, 2.05) is 91.1 Å². The van der Waals surface area contributed by atoms with Gasteiger partial charge in [0.25, 0.3) is 0 Å². The van der Waals surface area contributed by atoms with E-state index < -0.39 is 0 Å². The lowest BCUT2D eigenvalue weighted by atomic mass is 10.1. The molecule has 134 valence electrons. The van der Waals surface area contributed by atoms with E-state index in [0.717, 1.165) is 11.3 Å². The molecule has 1 N–H and O–H groups in total. The molecule has 1 aromatic heterocycles. The zero-order valence-corrected chi connectivity index (χ0v) is 15.4. The molecular formula is C22H19ClN4. The summed E-state index contributed by atoms with van der Waals surface area (Å²) in [6.07, 6.45) is 14.6. The van der Waals surface area contributed by atoms with Crippen LogP contribution in [0.25, 0.3) is 5.57 Å². The Kier molecular flexibility index (Phi) is 6.90. The van der Waals surface area contributed by atoms with Gasteiger partial charge in [0, 0.05) is 11.3 Å². The highest BCUT2D eigenvalue weighted by molar-refractivity contribution is 6.28. The third-order valence-electron chi connectivity index (χ3n) is 3.59. The van der Waals surface area contributed by atoms with Crippen LogP contribution in [0.2, 0.25) is 5.28 Å². The van der Waals surface area contributed by atoms with E-state index >= 15 is 0 Å². The molecule has 27 heavy (non-hydrogen) atoms. The van der Waals surface area contributed by atoms with Crippen LogP contribution in [0.5, 0.6) is 0 Å². The number of allylic oxidation sites excluding steroid dienone is 8. The van der Waals surface area contributed by atoms with Crippen molar-refractivity contribution in [2.45, 2.75) is 6.42 Å². The van der Waals surface area contributed by atoms with Crippen LogP contribution in [0, 0.1) is 0 Å². The number of hydrogen-bond donors (Lipinski definition) is 1. The highest BCUT2D eigenvalue weighted by Gasteiger charge is 2.09. The molecule has 0 unspecified atom stereocenters. The first kappa shape index (κ1) is 18.5. The third-order valence-corrected chi connectivity index (χ3v) is 3.75. The summed E-state index contributed by atoms with van der Waals surface area (Å²) in [5.41, 5.74) is 1.80. The van der Waals surface area contributed by atoms with Crippen LogP contribution in [0.4, 0.5) is 11.6 Å². The molecule has 3 rings (SSSR count). The number of aromatic nitrogens is 3. The molecule has 0 spiro atoms. The van der Waals surface area contributed by atoms with Gasteiger partial charge in [0.05, 0.1) is 0 Å². The van der Waals surface area contributed by atoms with Crippen molar-refractivity contribution in [3.05, 3.63) is 108 Å². The Labute approximate surface area is 164 Å². The first-order valence-corrected chi connectivity index (χ1v) is 8.95. The standard InChI is InChI=1S/C22H19ClN4/c23-21-25-20(18-14-10-6-4-5-7-11-15-18)26-22(27-21)24-19-16-12-8-2-1-3-9-13-17-19/h1-14,16-17H,15H2,(H,24,25,26,27)/b2-1?,3-1?,5-4-,8-2?,9-3?,10-6-,11-7-,12-8?,13-9?,16-12?,17-13?,18-14+,19-16?,19-17?. The fourth-order valence-corrected chi connectivity index (χ4v) is 2.49. The smallest absolute Gasteiger partial charge is 0.232 e. The molecule has 0 radical (unpaired) electrons. The van der Waals surface area contributed by atoms with E-state index in [-0.39, 0.29) is 5.28 Å². The van der Waals surface area contributed by atoms with Crippen molar-refractivity contribution in [1.29, 1.82) is 0 Å². The van der Waals surface area contributed by atoms with Gasteiger partial charge in [-0.3, -0.25) is 0 Å². The molecule has 1 heterocycles. The van der Waals surface area contributed by atoms with Crippen molar-refractivity contribution in [1.82, 2.24) is 15.0 Å². The number of hydrogen-bond acceptors (Lipinski definition) is 4. The van der Waals surface area contributed by atoms with E-state index in [4.69, 9.17) is 11.6 Å². The minimum atomic E-state index is 0.150. The first-order valence-electron chi connectivity index (χ1n) is 8.58. The van der Waals surface area contributed by atoms with Gasteiger partial charge in [-0.05, 0) is 30.2 Å². The number of halogens is 1. The van der Waals surface area contributed by atoms with Crippen molar-refractivity contribution in [3.8, 4) is 0 Å². The Balaban J connectivity index is 1.92. The quantitative estimate of drug-likeness (QED) is 0.732. The second-order valence-corrected chi connectivity index (χ2v) is 5.94. The molecule has 0 atom stereocenters. The van der Waals surface area contributed by atoms with Crippen molar-refractivity contribution >= 4 is 28.8 Å². The van der Waals surface area contributed by atoms with E-state index in [9.17, 15) is 0 Å². The molecule has 0 fully saturated rings. The molecule has 5 heteroatoms. The van der Waals surface area contributed by atoms with Crippen LogP contribution in [-0.2, 0) is 0 Å². The molecule has 1 aliphatic rings. The van der Waals surface area contributed by atoms with E-state index in [0.29, 0.717) is 18.2 Å². The summed E-state index contributed by atoms with van der Waals surface area (Å²) in [5, 5.41) is 3.35. The zero-order valence-electron chi connectivity index (χ0n) is 14.7. The first-order chi connectivity index (χ1) is 13.3. The van der Waals surface area contributed by atoms with Crippen LogP contribution in [0.3, 0.4) is 0 Å². The number of nitrogens with zero attached hydrogens (tertiary/aromatic N) is 3. The number of nitrogens with one attached hydrogen (secondary N) is 1. The molecule has 2 aromatic rings. The predicted molar refractivity (Wildman–Crippen MR) is 112 cm³/mol. The maximum absolute atomic E-state index is 6.15. The van der Waals surface area contributed by atoms with Crippen LogP contribution in [-0.4, -0.2) is 15.0 Å². The minimum Gasteiger partial charge on any atom is -0.324 e. The second-order valence-electron chi connectivity index (χ2n) is 5.61. The molecule has 0 saturated heterocycles. The summed E-state index contributed by atoms with van der Waals surface area (Å²) in [5.74, 6) is 0.953. The maximum Gasteiger partial charge on any atom is 0.232 e. The fraction of sp³-hybridized carbons (Fsp3) is 0.0455. The summed E-state index contributed by atoms with van der Waals surface area (Å²) in [4.78, 5) is 13.0. The molecular weight excluding hydrogens is 356 g/mol. The van der Waals surface area contributed by atoms with Gasteiger partial charge < -0.3 is 5.32 Å². The molecule has 0 bridgehead atoms. The Hall–Kier alpha value is -3.24. The van der Waals surface area contributed by atoms with E-state index in [2.05, 4.69) is 26.3 Å². The average Bonchev–Trinajstić information content (AvgIpc) is 2.80. The topological polar surface area (TPSA) is 50.7 Å². The van der Waals surface area contributed by atoms with Crippen LogP contribution >= 0.6 is 11.6 Å². The number of rotatable bonds is 3. The van der Waals surface area contributed by atoms with Gasteiger partial charge in [0.2, 0.25) is 11.2 Å². The van der Waals surface area contributed by atoms with Crippen LogP contribution < -0.4 is 5.32 Å². The molecule has 0 amide bonds. The van der Waals surface area contributed by atoms with Gasteiger partial charge >= 0.3 is 0 Å². The fourth-order valence-electron chi connectivity index (χ4n) is 2.33. The Morgan fingerprint density at radius 3 is 2.19 bits per heavy atom. The zero-order chi connectivity index (χ0) is 18.7. The van der Waals surface area contributed by atoms with Gasteiger partial charge in [-0.25, -0.2) is 0 Å². The lowest BCUT2D eigenvalue weighted by Gasteiger charge is -2.07. The summed E-state index contributed by atoms with van der Waals surface area (Å²) in [6.45, 7) is 0. The van der Waals surface area contributed by atoms with E-state index in [1.54, 1.807) is 0 Å². The van der Waals surface area contributed by atoms with Crippen molar-refractivity contribution in [2.24, 2.45) is 0 Å². The van der Waals surface area contributed by atoms with Gasteiger partial charge in [0.15, 0.2) is 5.82 Å². The Morgan fingerprint density at radius 2 is 1.41 bits per heavy atom. The van der Waals surface area contributed by atoms with Crippen molar-refractivity contribution < 1.29 is 0 Å². The van der Waals surface area contributed by atoms with E-state index in [1.165, 1.54) is 0 Å². The SMILES string of the molecule is Clc1nc(Nc2ccccccccc2)nc(/C2=C/C=C\C=C/C=C\C2)n1. The largest absolute Gasteiger partial charge is 0.324 e. The van der Waals surface area contributed by atoms with Crippen molar-refractivity contribution in [2.75, 3.05) is 5.32 Å².